The van der Waals surface area contributed by atoms with Crippen LogP contribution < -0.4 is 5.32 Å². The second-order valence-corrected chi connectivity index (χ2v) is 7.82. The predicted octanol–water partition coefficient (Wildman–Crippen LogP) is 3.47. The number of aromatic nitrogens is 2. The molecule has 25 heavy (non-hydrogen) atoms. The lowest BCUT2D eigenvalue weighted by Crippen LogP contribution is -2.48. The van der Waals surface area contributed by atoms with Gasteiger partial charge in [-0.05, 0) is 11.6 Å². The molecule has 1 unspecified atom stereocenters. The summed E-state index contributed by atoms with van der Waals surface area (Å²) in [6, 6.07) is 3.96. The van der Waals surface area contributed by atoms with E-state index in [4.69, 9.17) is 0 Å². The molecule has 2 aromatic heterocycles. The molecule has 0 aliphatic carbocycles. The van der Waals surface area contributed by atoms with Crippen LogP contribution in [-0.2, 0) is 5.41 Å². The van der Waals surface area contributed by atoms with Crippen LogP contribution in [0.2, 0.25) is 0 Å². The molecule has 3 heterocycles. The lowest BCUT2D eigenvalue weighted by Gasteiger charge is -2.36. The number of halogens is 2. The van der Waals surface area contributed by atoms with E-state index in [9.17, 15) is 4.79 Å². The van der Waals surface area contributed by atoms with Gasteiger partial charge in [-0.2, -0.15) is 0 Å². The number of nitrogens with one attached hydrogen (secondary N) is 1. The van der Waals surface area contributed by atoms with Crippen molar-refractivity contribution in [2.24, 2.45) is 0 Å². The Morgan fingerprint density at radius 1 is 1.32 bits per heavy atom. The van der Waals surface area contributed by atoms with Crippen LogP contribution in [0.1, 0.15) is 47.1 Å². The van der Waals surface area contributed by atoms with Crippen LogP contribution in [0.15, 0.2) is 30.7 Å². The number of carbonyl (C=O) groups is 1. The highest BCUT2D eigenvalue weighted by atomic mass is 35.5. The molecule has 0 spiro atoms. The number of piperazine rings is 1. The molecule has 138 valence electrons. The van der Waals surface area contributed by atoms with Crippen molar-refractivity contribution in [3.63, 3.8) is 0 Å². The summed E-state index contributed by atoms with van der Waals surface area (Å²) in [7, 11) is 0. The topological polar surface area (TPSA) is 58.1 Å². The molecule has 1 fully saturated rings. The molecule has 5 nitrogen and oxygen atoms in total. The Balaban J connectivity index is 0.00000156. The Morgan fingerprint density at radius 2 is 2.08 bits per heavy atom. The standard InChI is InChI=1S/C17H22N4OS.2ClH/c1-17(2,3)16-20-11-14(23-16)15(22)21-8-7-19-10-13(21)12-5-4-6-18-9-12;;/h4-6,9,11,13,19H,7-8,10H2,1-3H3;2*1H. The normalized spacial score (nSPS) is 17.4. The molecule has 0 radical (unpaired) electrons. The summed E-state index contributed by atoms with van der Waals surface area (Å²) in [6.45, 7) is 8.60. The summed E-state index contributed by atoms with van der Waals surface area (Å²) in [5.74, 6) is 0.0633. The molecule has 3 rings (SSSR count). The molecule has 2 aromatic rings. The second-order valence-electron chi connectivity index (χ2n) is 6.78. The lowest BCUT2D eigenvalue weighted by atomic mass is 9.98. The van der Waals surface area contributed by atoms with Crippen LogP contribution in [0.3, 0.4) is 0 Å². The van der Waals surface area contributed by atoms with Crippen molar-refractivity contribution >= 4 is 42.1 Å². The zero-order valence-electron chi connectivity index (χ0n) is 14.6. The van der Waals surface area contributed by atoms with Gasteiger partial charge in [-0.3, -0.25) is 9.78 Å². The van der Waals surface area contributed by atoms with Gasteiger partial charge in [-0.15, -0.1) is 36.2 Å². The van der Waals surface area contributed by atoms with Gasteiger partial charge in [0.05, 0.1) is 17.2 Å². The van der Waals surface area contributed by atoms with Crippen LogP contribution in [0.5, 0.6) is 0 Å². The lowest BCUT2D eigenvalue weighted by molar-refractivity contribution is 0.0639. The van der Waals surface area contributed by atoms with Gasteiger partial charge in [0.15, 0.2) is 0 Å². The number of rotatable bonds is 2. The van der Waals surface area contributed by atoms with E-state index < -0.39 is 0 Å². The number of carbonyl (C=O) groups excluding carboxylic acids is 1. The van der Waals surface area contributed by atoms with Crippen LogP contribution >= 0.6 is 36.2 Å². The number of amides is 1. The number of hydrogen-bond acceptors (Lipinski definition) is 5. The van der Waals surface area contributed by atoms with E-state index in [-0.39, 0.29) is 42.2 Å². The minimum atomic E-state index is -0.0323. The van der Waals surface area contributed by atoms with E-state index in [0.29, 0.717) is 11.4 Å². The zero-order valence-corrected chi connectivity index (χ0v) is 17.0. The molecule has 1 atom stereocenters. The van der Waals surface area contributed by atoms with E-state index in [0.717, 1.165) is 23.7 Å². The third kappa shape index (κ3) is 4.91. The van der Waals surface area contributed by atoms with Gasteiger partial charge in [0.1, 0.15) is 4.88 Å². The Bertz CT molecular complexity index is 687. The first-order chi connectivity index (χ1) is 11.0. The van der Waals surface area contributed by atoms with Crippen molar-refractivity contribution in [2.75, 3.05) is 19.6 Å². The Labute approximate surface area is 165 Å². The average molecular weight is 403 g/mol. The van der Waals surface area contributed by atoms with Crippen molar-refractivity contribution in [1.29, 1.82) is 0 Å². The summed E-state index contributed by atoms with van der Waals surface area (Å²) in [6.07, 6.45) is 5.31. The van der Waals surface area contributed by atoms with Gasteiger partial charge in [-0.25, -0.2) is 4.98 Å². The third-order valence-corrected chi connectivity index (χ3v) is 5.34. The summed E-state index contributed by atoms with van der Waals surface area (Å²) in [5.41, 5.74) is 1.03. The smallest absolute Gasteiger partial charge is 0.266 e. The average Bonchev–Trinajstić information content (AvgIpc) is 3.05. The molecular formula is C17H24Cl2N4OS. The highest BCUT2D eigenvalue weighted by Gasteiger charge is 2.30. The number of nitrogens with zero attached hydrogens (tertiary/aromatic N) is 3. The molecule has 1 N–H and O–H groups in total. The maximum absolute atomic E-state index is 13.0. The zero-order chi connectivity index (χ0) is 16.4. The Hall–Kier alpha value is -1.21. The second kappa shape index (κ2) is 8.94. The van der Waals surface area contributed by atoms with Gasteiger partial charge in [-0.1, -0.05) is 26.8 Å². The minimum Gasteiger partial charge on any atom is -0.328 e. The maximum Gasteiger partial charge on any atom is 0.266 e. The first-order valence-electron chi connectivity index (χ1n) is 7.85. The van der Waals surface area contributed by atoms with Gasteiger partial charge in [0, 0.05) is 37.4 Å². The molecular weight excluding hydrogens is 379 g/mol. The highest BCUT2D eigenvalue weighted by molar-refractivity contribution is 7.13. The van der Waals surface area contributed by atoms with E-state index >= 15 is 0 Å². The highest BCUT2D eigenvalue weighted by Crippen LogP contribution is 2.30. The molecule has 0 aromatic carbocycles. The van der Waals surface area contributed by atoms with Gasteiger partial charge in [0.2, 0.25) is 0 Å². The monoisotopic (exact) mass is 402 g/mol. The fraction of sp³-hybridized carbons (Fsp3) is 0.471. The molecule has 1 aliphatic heterocycles. The molecule has 8 heteroatoms. The summed E-state index contributed by atoms with van der Waals surface area (Å²) < 4.78 is 0. The summed E-state index contributed by atoms with van der Waals surface area (Å²) >= 11 is 1.50. The molecule has 1 amide bonds. The SMILES string of the molecule is CC(C)(C)c1ncc(C(=O)N2CCNCC2c2cccnc2)s1.Cl.Cl. The van der Waals surface area contributed by atoms with Crippen LogP contribution in [0.4, 0.5) is 0 Å². The minimum absolute atomic E-state index is 0. The van der Waals surface area contributed by atoms with Crippen LogP contribution in [-0.4, -0.2) is 40.4 Å². The molecule has 1 aliphatic rings. The fourth-order valence-corrected chi connectivity index (χ4v) is 3.61. The van der Waals surface area contributed by atoms with Crippen molar-refractivity contribution in [1.82, 2.24) is 20.2 Å². The maximum atomic E-state index is 13.0. The predicted molar refractivity (Wildman–Crippen MR) is 106 cm³/mol. The Kier molecular flexibility index (Phi) is 7.81. The summed E-state index contributed by atoms with van der Waals surface area (Å²) in [4.78, 5) is 24.3. The van der Waals surface area contributed by atoms with Crippen LogP contribution in [0, 0.1) is 0 Å². The van der Waals surface area contributed by atoms with Crippen molar-refractivity contribution in [2.45, 2.75) is 32.2 Å². The van der Waals surface area contributed by atoms with Crippen molar-refractivity contribution < 1.29 is 4.79 Å². The van der Waals surface area contributed by atoms with Crippen LogP contribution in [0.25, 0.3) is 0 Å². The quantitative estimate of drug-likeness (QED) is 0.835. The van der Waals surface area contributed by atoms with Gasteiger partial charge >= 0.3 is 0 Å². The van der Waals surface area contributed by atoms with Crippen molar-refractivity contribution in [3.8, 4) is 0 Å². The fourth-order valence-electron chi connectivity index (χ4n) is 2.68. The summed E-state index contributed by atoms with van der Waals surface area (Å²) in [5, 5.41) is 4.36. The van der Waals surface area contributed by atoms with Crippen molar-refractivity contribution in [3.05, 3.63) is 46.2 Å². The van der Waals surface area contributed by atoms with Gasteiger partial charge < -0.3 is 10.2 Å². The third-order valence-electron chi connectivity index (χ3n) is 3.93. The van der Waals surface area contributed by atoms with E-state index in [1.807, 2.05) is 23.2 Å². The first kappa shape index (κ1) is 21.8. The van der Waals surface area contributed by atoms with E-state index in [1.54, 1.807) is 12.4 Å². The number of hydrogen-bond donors (Lipinski definition) is 1. The molecule has 1 saturated heterocycles. The molecule has 0 saturated carbocycles. The Morgan fingerprint density at radius 3 is 2.68 bits per heavy atom. The largest absolute Gasteiger partial charge is 0.328 e. The van der Waals surface area contributed by atoms with Gasteiger partial charge in [0.25, 0.3) is 5.91 Å². The number of pyridine rings is 1. The van der Waals surface area contributed by atoms with E-state index in [1.165, 1.54) is 11.3 Å². The first-order valence-corrected chi connectivity index (χ1v) is 8.66. The number of thiazole rings is 1. The molecule has 0 bridgehead atoms. The van der Waals surface area contributed by atoms with E-state index in [2.05, 4.69) is 36.1 Å².